The molecule has 2 aromatic rings. The second-order valence-corrected chi connectivity index (χ2v) is 6.82. The summed E-state index contributed by atoms with van der Waals surface area (Å²) in [4.78, 5) is 20.8. The van der Waals surface area contributed by atoms with Crippen molar-refractivity contribution in [3.05, 3.63) is 58.4 Å². The summed E-state index contributed by atoms with van der Waals surface area (Å²) in [6.07, 6.45) is 9.62. The van der Waals surface area contributed by atoms with Gasteiger partial charge < -0.3 is 10.6 Å². The lowest BCUT2D eigenvalue weighted by atomic mass is 9.97. The van der Waals surface area contributed by atoms with Crippen LogP contribution in [0, 0.1) is 6.92 Å². The first-order valence-corrected chi connectivity index (χ1v) is 9.32. The minimum absolute atomic E-state index is 0.185. The van der Waals surface area contributed by atoms with Gasteiger partial charge in [-0.05, 0) is 62.8 Å². The van der Waals surface area contributed by atoms with E-state index < -0.39 is 0 Å². The van der Waals surface area contributed by atoms with E-state index >= 15 is 0 Å². The van der Waals surface area contributed by atoms with E-state index in [1.807, 2.05) is 25.1 Å². The summed E-state index contributed by atoms with van der Waals surface area (Å²) < 4.78 is 0. The number of amides is 1. The number of allylic oxidation sites excluding steroid dienone is 1. The Morgan fingerprint density at radius 1 is 1.27 bits per heavy atom. The van der Waals surface area contributed by atoms with Crippen LogP contribution >= 0.6 is 11.6 Å². The van der Waals surface area contributed by atoms with Gasteiger partial charge in [-0.1, -0.05) is 29.3 Å². The predicted molar refractivity (Wildman–Crippen MR) is 105 cm³/mol. The summed E-state index contributed by atoms with van der Waals surface area (Å²) >= 11 is 6.13. The second-order valence-electron chi connectivity index (χ2n) is 6.42. The maximum atomic E-state index is 12.3. The van der Waals surface area contributed by atoms with Gasteiger partial charge in [0, 0.05) is 23.5 Å². The van der Waals surface area contributed by atoms with Crippen LogP contribution in [-0.2, 0) is 0 Å². The summed E-state index contributed by atoms with van der Waals surface area (Å²) in [5.74, 6) is 0.188. The zero-order valence-corrected chi connectivity index (χ0v) is 15.6. The monoisotopic (exact) mass is 370 g/mol. The van der Waals surface area contributed by atoms with E-state index in [1.54, 1.807) is 12.3 Å². The Labute approximate surface area is 158 Å². The number of hydrogen-bond acceptors (Lipinski definition) is 4. The Kier molecular flexibility index (Phi) is 6.23. The van der Waals surface area contributed by atoms with Crippen LogP contribution in [0.2, 0.25) is 5.02 Å². The molecule has 0 aliphatic heterocycles. The molecule has 26 heavy (non-hydrogen) atoms. The molecule has 1 amide bonds. The van der Waals surface area contributed by atoms with Gasteiger partial charge in [0.25, 0.3) is 5.91 Å². The largest absolute Gasteiger partial charge is 0.350 e. The molecule has 0 unspecified atom stereocenters. The van der Waals surface area contributed by atoms with Crippen LogP contribution in [0.3, 0.4) is 0 Å². The molecule has 0 fully saturated rings. The van der Waals surface area contributed by atoms with E-state index in [1.165, 1.54) is 18.4 Å². The molecule has 0 atom stereocenters. The van der Waals surface area contributed by atoms with Crippen molar-refractivity contribution in [2.45, 2.75) is 39.0 Å². The number of carbonyl (C=O) groups is 1. The Hall–Kier alpha value is -2.40. The maximum Gasteiger partial charge on any atom is 0.270 e. The Morgan fingerprint density at radius 3 is 2.96 bits per heavy atom. The fourth-order valence-electron chi connectivity index (χ4n) is 2.97. The quantitative estimate of drug-likeness (QED) is 0.716. The molecular weight excluding hydrogens is 348 g/mol. The van der Waals surface area contributed by atoms with Gasteiger partial charge in [0.1, 0.15) is 5.69 Å². The minimum atomic E-state index is -0.185. The normalized spacial score (nSPS) is 13.8. The van der Waals surface area contributed by atoms with Gasteiger partial charge in [-0.15, -0.1) is 0 Å². The summed E-state index contributed by atoms with van der Waals surface area (Å²) in [6, 6.07) is 7.20. The summed E-state index contributed by atoms with van der Waals surface area (Å²) in [5, 5.41) is 6.73. The average Bonchev–Trinajstić information content (AvgIpc) is 2.66. The molecule has 6 heteroatoms. The van der Waals surface area contributed by atoms with Gasteiger partial charge in [0.15, 0.2) is 0 Å². The first kappa shape index (κ1) is 18.4. The average molecular weight is 371 g/mol. The first-order chi connectivity index (χ1) is 12.6. The number of nitrogens with one attached hydrogen (secondary N) is 2. The molecule has 0 spiro atoms. The lowest BCUT2D eigenvalue weighted by Crippen LogP contribution is -2.26. The molecule has 1 heterocycles. The third-order valence-electron chi connectivity index (χ3n) is 4.52. The lowest BCUT2D eigenvalue weighted by Gasteiger charge is -2.13. The molecule has 1 aliphatic rings. The predicted octanol–water partition coefficient (Wildman–Crippen LogP) is 4.80. The van der Waals surface area contributed by atoms with Crippen LogP contribution in [-0.4, -0.2) is 22.4 Å². The molecule has 0 bridgehead atoms. The number of anilines is 2. The second kappa shape index (κ2) is 8.81. The van der Waals surface area contributed by atoms with Crippen molar-refractivity contribution in [1.29, 1.82) is 0 Å². The van der Waals surface area contributed by atoms with Crippen molar-refractivity contribution in [2.75, 3.05) is 11.9 Å². The molecule has 136 valence electrons. The molecule has 5 nitrogen and oxygen atoms in total. The minimum Gasteiger partial charge on any atom is -0.350 e. The highest BCUT2D eigenvalue weighted by Gasteiger charge is 2.11. The van der Waals surface area contributed by atoms with Gasteiger partial charge in [0.2, 0.25) is 5.95 Å². The zero-order chi connectivity index (χ0) is 18.4. The van der Waals surface area contributed by atoms with E-state index in [0.29, 0.717) is 23.2 Å². The fraction of sp³-hybridized carbons (Fsp3) is 0.350. The van der Waals surface area contributed by atoms with Crippen molar-refractivity contribution in [3.8, 4) is 0 Å². The molecule has 3 rings (SSSR count). The number of carbonyl (C=O) groups excluding carboxylic acids is 1. The molecule has 2 N–H and O–H groups in total. The molecule has 1 aliphatic carbocycles. The van der Waals surface area contributed by atoms with E-state index in [2.05, 4.69) is 26.7 Å². The van der Waals surface area contributed by atoms with Crippen LogP contribution in [0.1, 0.15) is 48.2 Å². The van der Waals surface area contributed by atoms with Gasteiger partial charge in [0.05, 0.1) is 0 Å². The summed E-state index contributed by atoms with van der Waals surface area (Å²) in [7, 11) is 0. The highest BCUT2D eigenvalue weighted by Crippen LogP contribution is 2.25. The maximum absolute atomic E-state index is 12.3. The van der Waals surface area contributed by atoms with Crippen LogP contribution in [0.15, 0.2) is 42.1 Å². The molecule has 0 saturated heterocycles. The first-order valence-electron chi connectivity index (χ1n) is 8.95. The van der Waals surface area contributed by atoms with Crippen LogP contribution in [0.4, 0.5) is 11.6 Å². The SMILES string of the molecule is Cc1c(Cl)cccc1Nc1nccc(C(=O)NCCC2=CCCCC2)n1. The van der Waals surface area contributed by atoms with Crippen molar-refractivity contribution in [1.82, 2.24) is 15.3 Å². The van der Waals surface area contributed by atoms with Gasteiger partial charge >= 0.3 is 0 Å². The lowest BCUT2D eigenvalue weighted by molar-refractivity contribution is 0.0949. The molecule has 0 saturated carbocycles. The highest BCUT2D eigenvalue weighted by atomic mass is 35.5. The number of benzene rings is 1. The molecule has 1 aromatic carbocycles. The van der Waals surface area contributed by atoms with Gasteiger partial charge in [-0.2, -0.15) is 0 Å². The van der Waals surface area contributed by atoms with Gasteiger partial charge in [-0.25, -0.2) is 9.97 Å². The van der Waals surface area contributed by atoms with Crippen molar-refractivity contribution < 1.29 is 4.79 Å². The van der Waals surface area contributed by atoms with Gasteiger partial charge in [-0.3, -0.25) is 4.79 Å². The number of nitrogens with zero attached hydrogens (tertiary/aromatic N) is 2. The van der Waals surface area contributed by atoms with Crippen LogP contribution in [0.5, 0.6) is 0 Å². The summed E-state index contributed by atoms with van der Waals surface area (Å²) in [5.41, 5.74) is 3.52. The summed E-state index contributed by atoms with van der Waals surface area (Å²) in [6.45, 7) is 2.55. The Morgan fingerprint density at radius 2 is 2.15 bits per heavy atom. The van der Waals surface area contributed by atoms with E-state index in [0.717, 1.165) is 30.5 Å². The molecule has 0 radical (unpaired) electrons. The zero-order valence-electron chi connectivity index (χ0n) is 14.9. The van der Waals surface area contributed by atoms with E-state index in [4.69, 9.17) is 11.6 Å². The van der Waals surface area contributed by atoms with Crippen molar-refractivity contribution >= 4 is 29.1 Å². The Balaban J connectivity index is 1.60. The third-order valence-corrected chi connectivity index (χ3v) is 4.93. The van der Waals surface area contributed by atoms with E-state index in [9.17, 15) is 4.79 Å². The third kappa shape index (κ3) is 4.82. The number of rotatable bonds is 6. The van der Waals surface area contributed by atoms with E-state index in [-0.39, 0.29) is 5.91 Å². The fourth-order valence-corrected chi connectivity index (χ4v) is 3.14. The van der Waals surface area contributed by atoms with Crippen molar-refractivity contribution in [3.63, 3.8) is 0 Å². The smallest absolute Gasteiger partial charge is 0.270 e. The van der Waals surface area contributed by atoms with Crippen LogP contribution < -0.4 is 10.6 Å². The van der Waals surface area contributed by atoms with Crippen LogP contribution in [0.25, 0.3) is 0 Å². The van der Waals surface area contributed by atoms with Crippen molar-refractivity contribution in [2.24, 2.45) is 0 Å². The Bertz CT molecular complexity index is 819. The number of aromatic nitrogens is 2. The molecular formula is C20H23ClN4O. The standard InChI is InChI=1S/C20H23ClN4O/c1-14-16(21)8-5-9-17(14)24-20-23-13-11-18(25-20)19(26)22-12-10-15-6-3-2-4-7-15/h5-6,8-9,11,13H,2-4,7,10,12H2,1H3,(H,22,26)(H,23,24,25). The number of hydrogen-bond donors (Lipinski definition) is 2. The molecule has 1 aromatic heterocycles. The number of halogens is 1. The highest BCUT2D eigenvalue weighted by molar-refractivity contribution is 6.31. The topological polar surface area (TPSA) is 66.9 Å².